The number of rotatable bonds is 3. The first-order chi connectivity index (χ1) is 13.6. The van der Waals surface area contributed by atoms with E-state index in [9.17, 15) is 14.4 Å². The predicted octanol–water partition coefficient (Wildman–Crippen LogP) is 1.54. The van der Waals surface area contributed by atoms with E-state index in [-0.39, 0.29) is 11.7 Å². The van der Waals surface area contributed by atoms with Gasteiger partial charge in [0.2, 0.25) is 11.8 Å². The van der Waals surface area contributed by atoms with Gasteiger partial charge in [-0.05, 0) is 35.4 Å². The van der Waals surface area contributed by atoms with Crippen molar-refractivity contribution >= 4 is 23.8 Å². The SMILES string of the molecule is COc1ccc(C(=O)[C@H]2[C@H]3C(=O)NC(=O)[C@H]3C3c4ccccc4C=NN32)cc1. The Labute approximate surface area is 161 Å². The summed E-state index contributed by atoms with van der Waals surface area (Å²) in [6, 6.07) is 13.1. The van der Waals surface area contributed by atoms with Crippen LogP contribution in [-0.4, -0.2) is 42.0 Å². The van der Waals surface area contributed by atoms with E-state index in [4.69, 9.17) is 4.74 Å². The van der Waals surface area contributed by atoms with Crippen LogP contribution >= 0.6 is 0 Å². The summed E-state index contributed by atoms with van der Waals surface area (Å²) in [4.78, 5) is 38.5. The molecule has 2 saturated heterocycles. The number of carbonyl (C=O) groups is 3. The van der Waals surface area contributed by atoms with Crippen LogP contribution < -0.4 is 10.1 Å². The number of Topliss-reactive ketones (excluding diaryl/α,β-unsaturated/α-hetero) is 1. The third-order valence-corrected chi connectivity index (χ3v) is 5.78. The summed E-state index contributed by atoms with van der Waals surface area (Å²) >= 11 is 0. The molecule has 2 amide bonds. The number of hydrazone groups is 1. The molecule has 2 aromatic carbocycles. The molecular formula is C21H17N3O4. The van der Waals surface area contributed by atoms with Crippen LogP contribution in [0.3, 0.4) is 0 Å². The minimum absolute atomic E-state index is 0.235. The number of nitrogens with zero attached hydrogens (tertiary/aromatic N) is 2. The van der Waals surface area contributed by atoms with E-state index in [0.29, 0.717) is 11.3 Å². The maximum absolute atomic E-state index is 13.4. The van der Waals surface area contributed by atoms with Crippen molar-refractivity contribution < 1.29 is 19.1 Å². The highest BCUT2D eigenvalue weighted by molar-refractivity contribution is 6.12. The van der Waals surface area contributed by atoms with Gasteiger partial charge in [0.15, 0.2) is 5.78 Å². The molecule has 3 aliphatic heterocycles. The molecule has 3 aliphatic rings. The fraction of sp³-hybridized carbons (Fsp3) is 0.238. The molecule has 2 fully saturated rings. The van der Waals surface area contributed by atoms with Gasteiger partial charge in [-0.1, -0.05) is 24.3 Å². The topological polar surface area (TPSA) is 88.1 Å². The Balaban J connectivity index is 1.61. The van der Waals surface area contributed by atoms with Crippen LogP contribution in [-0.2, 0) is 9.59 Å². The Morgan fingerprint density at radius 2 is 1.75 bits per heavy atom. The van der Waals surface area contributed by atoms with Crippen molar-refractivity contribution in [2.75, 3.05) is 7.11 Å². The van der Waals surface area contributed by atoms with Gasteiger partial charge in [-0.25, -0.2) is 0 Å². The van der Waals surface area contributed by atoms with E-state index in [1.165, 1.54) is 0 Å². The van der Waals surface area contributed by atoms with Crippen molar-refractivity contribution in [1.82, 2.24) is 10.3 Å². The van der Waals surface area contributed by atoms with E-state index < -0.39 is 29.8 Å². The van der Waals surface area contributed by atoms with Gasteiger partial charge in [0.25, 0.3) is 0 Å². The summed E-state index contributed by atoms with van der Waals surface area (Å²) in [5.41, 5.74) is 2.25. The van der Waals surface area contributed by atoms with E-state index in [0.717, 1.165) is 11.1 Å². The molecular weight excluding hydrogens is 358 g/mol. The molecule has 0 saturated carbocycles. The highest BCUT2D eigenvalue weighted by Gasteiger charge is 2.62. The molecule has 0 aliphatic carbocycles. The Bertz CT molecular complexity index is 1030. The normalized spacial score (nSPS) is 27.1. The number of benzene rings is 2. The van der Waals surface area contributed by atoms with Crippen molar-refractivity contribution in [3.05, 3.63) is 65.2 Å². The van der Waals surface area contributed by atoms with Crippen molar-refractivity contribution in [2.45, 2.75) is 12.1 Å². The lowest BCUT2D eigenvalue weighted by molar-refractivity contribution is -0.127. The molecule has 2 aromatic rings. The number of hydrogen-bond donors (Lipinski definition) is 1. The van der Waals surface area contributed by atoms with Gasteiger partial charge < -0.3 is 4.74 Å². The lowest BCUT2D eigenvalue weighted by Crippen LogP contribution is -2.43. The number of ketones is 1. The van der Waals surface area contributed by atoms with Crippen molar-refractivity contribution in [3.8, 4) is 5.75 Å². The highest BCUT2D eigenvalue weighted by Crippen LogP contribution is 2.50. The van der Waals surface area contributed by atoms with Gasteiger partial charge >= 0.3 is 0 Å². The average Bonchev–Trinajstić information content (AvgIpc) is 3.22. The maximum Gasteiger partial charge on any atom is 0.233 e. The first-order valence-corrected chi connectivity index (χ1v) is 9.04. The summed E-state index contributed by atoms with van der Waals surface area (Å²) in [5.74, 6) is -1.77. The minimum Gasteiger partial charge on any atom is -0.497 e. The molecule has 1 N–H and O–H groups in total. The fourth-order valence-corrected chi connectivity index (χ4v) is 4.51. The Morgan fingerprint density at radius 3 is 2.50 bits per heavy atom. The summed E-state index contributed by atoms with van der Waals surface area (Å²) in [7, 11) is 1.55. The van der Waals surface area contributed by atoms with Crippen molar-refractivity contribution in [1.29, 1.82) is 0 Å². The number of ether oxygens (including phenoxy) is 1. The van der Waals surface area contributed by atoms with E-state index in [2.05, 4.69) is 10.4 Å². The van der Waals surface area contributed by atoms with Crippen LogP contribution in [0.5, 0.6) is 5.75 Å². The second-order valence-corrected chi connectivity index (χ2v) is 7.14. The van der Waals surface area contributed by atoms with Crippen LogP contribution in [0.2, 0.25) is 0 Å². The van der Waals surface area contributed by atoms with Gasteiger partial charge in [-0.3, -0.25) is 24.7 Å². The van der Waals surface area contributed by atoms with Gasteiger partial charge in [-0.15, -0.1) is 0 Å². The smallest absolute Gasteiger partial charge is 0.233 e. The first-order valence-electron chi connectivity index (χ1n) is 9.04. The Kier molecular flexibility index (Phi) is 3.58. The number of carbonyl (C=O) groups excluding carboxylic acids is 3. The molecule has 7 nitrogen and oxygen atoms in total. The van der Waals surface area contributed by atoms with Crippen LogP contribution in [0.25, 0.3) is 0 Å². The lowest BCUT2D eigenvalue weighted by Gasteiger charge is -2.32. The molecule has 28 heavy (non-hydrogen) atoms. The molecule has 0 aromatic heterocycles. The molecule has 4 atom stereocenters. The molecule has 5 rings (SSSR count). The lowest BCUT2D eigenvalue weighted by atomic mass is 9.83. The second-order valence-electron chi connectivity index (χ2n) is 7.14. The Hall–Kier alpha value is -3.48. The van der Waals surface area contributed by atoms with Gasteiger partial charge in [0, 0.05) is 5.56 Å². The zero-order valence-corrected chi connectivity index (χ0v) is 15.0. The monoisotopic (exact) mass is 375 g/mol. The summed E-state index contributed by atoms with van der Waals surface area (Å²) in [6.07, 6.45) is 1.68. The predicted molar refractivity (Wildman–Crippen MR) is 99.9 cm³/mol. The number of fused-ring (bicyclic) bond motifs is 5. The van der Waals surface area contributed by atoms with E-state index in [1.807, 2.05) is 24.3 Å². The zero-order chi connectivity index (χ0) is 19.4. The zero-order valence-electron chi connectivity index (χ0n) is 15.0. The minimum atomic E-state index is -0.834. The molecule has 0 bridgehead atoms. The van der Waals surface area contributed by atoms with Crippen LogP contribution in [0.1, 0.15) is 27.5 Å². The van der Waals surface area contributed by atoms with Crippen LogP contribution in [0, 0.1) is 11.8 Å². The summed E-state index contributed by atoms with van der Waals surface area (Å²) in [6.45, 7) is 0. The number of amides is 2. The number of nitrogens with one attached hydrogen (secondary N) is 1. The number of hydrogen-bond acceptors (Lipinski definition) is 6. The number of imide groups is 1. The largest absolute Gasteiger partial charge is 0.497 e. The van der Waals surface area contributed by atoms with Crippen molar-refractivity contribution in [2.24, 2.45) is 16.9 Å². The van der Waals surface area contributed by atoms with Crippen LogP contribution in [0.4, 0.5) is 0 Å². The van der Waals surface area contributed by atoms with Crippen LogP contribution in [0.15, 0.2) is 53.6 Å². The molecule has 0 spiro atoms. The van der Waals surface area contributed by atoms with E-state index >= 15 is 0 Å². The van der Waals surface area contributed by atoms with Gasteiger partial charge in [0.1, 0.15) is 11.8 Å². The third-order valence-electron chi connectivity index (χ3n) is 5.78. The summed E-state index contributed by atoms with van der Waals surface area (Å²) in [5, 5.41) is 8.52. The molecule has 140 valence electrons. The van der Waals surface area contributed by atoms with E-state index in [1.54, 1.807) is 42.6 Å². The molecule has 7 heteroatoms. The van der Waals surface area contributed by atoms with Gasteiger partial charge in [-0.2, -0.15) is 5.10 Å². The number of methoxy groups -OCH3 is 1. The van der Waals surface area contributed by atoms with Crippen molar-refractivity contribution in [3.63, 3.8) is 0 Å². The summed E-state index contributed by atoms with van der Waals surface area (Å²) < 4.78 is 5.15. The fourth-order valence-electron chi connectivity index (χ4n) is 4.51. The Morgan fingerprint density at radius 1 is 1.04 bits per heavy atom. The third kappa shape index (κ3) is 2.22. The standard InChI is InChI=1S/C21H17N3O4/c1-28-13-8-6-11(7-9-13)19(25)18-16-15(20(26)23-21(16)27)17-14-5-3-2-4-12(14)10-22-24(17)18/h2-10,15-18H,1H3,(H,23,26,27)/t15-,16+,17?,18-/m1/s1. The second kappa shape index (κ2) is 6.02. The maximum atomic E-state index is 13.4. The molecule has 3 heterocycles. The highest BCUT2D eigenvalue weighted by atomic mass is 16.5. The molecule has 0 radical (unpaired) electrons. The van der Waals surface area contributed by atoms with Gasteiger partial charge in [0.05, 0.1) is 31.2 Å². The average molecular weight is 375 g/mol. The first kappa shape index (κ1) is 16.7. The quantitative estimate of drug-likeness (QED) is 0.649. The molecule has 1 unspecified atom stereocenters.